The smallest absolute Gasteiger partial charge is 0.321 e. The molecule has 0 bridgehead atoms. The van der Waals surface area contributed by atoms with Crippen LogP contribution in [-0.2, 0) is 20.8 Å². The van der Waals surface area contributed by atoms with E-state index in [1.165, 1.54) is 6.07 Å². The molecular formula is C15H20N2O7S. The van der Waals surface area contributed by atoms with Crippen molar-refractivity contribution in [3.63, 3.8) is 0 Å². The molecule has 0 aliphatic heterocycles. The summed E-state index contributed by atoms with van der Waals surface area (Å²) >= 11 is 0.994. The van der Waals surface area contributed by atoms with Crippen LogP contribution in [-0.4, -0.2) is 56.6 Å². The zero-order chi connectivity index (χ0) is 19.0. The standard InChI is InChI=1S/C15H20N2O7S/c16-9(15(23)24)7-25-11-6-8(5-10(18)14(11)22)3-4-17-12(19)1-2-13(20)21/h5-6,9,18,22H,1-4,7,16H2,(H,17,19)(H,20,21)(H,23,24). The number of aliphatic carboxylic acids is 2. The number of thioether (sulfide) groups is 1. The molecule has 0 saturated heterocycles. The Balaban J connectivity index is 2.61. The van der Waals surface area contributed by atoms with Crippen LogP contribution < -0.4 is 11.1 Å². The molecule has 0 spiro atoms. The van der Waals surface area contributed by atoms with E-state index in [-0.39, 0.29) is 41.5 Å². The van der Waals surface area contributed by atoms with Crippen molar-refractivity contribution in [3.05, 3.63) is 17.7 Å². The van der Waals surface area contributed by atoms with Gasteiger partial charge < -0.3 is 31.5 Å². The van der Waals surface area contributed by atoms with Gasteiger partial charge >= 0.3 is 11.9 Å². The summed E-state index contributed by atoms with van der Waals surface area (Å²) in [4.78, 5) is 32.8. The average Bonchev–Trinajstić information content (AvgIpc) is 2.54. The molecule has 1 atom stereocenters. The number of aromatic hydroxyl groups is 2. The summed E-state index contributed by atoms with van der Waals surface area (Å²) in [6, 6.07) is 1.79. The number of nitrogens with one attached hydrogen (secondary N) is 1. The van der Waals surface area contributed by atoms with E-state index in [4.69, 9.17) is 15.9 Å². The van der Waals surface area contributed by atoms with E-state index < -0.39 is 23.9 Å². The molecule has 138 valence electrons. The second kappa shape index (κ2) is 9.74. The zero-order valence-corrected chi connectivity index (χ0v) is 14.1. The second-order valence-corrected chi connectivity index (χ2v) is 6.27. The Morgan fingerprint density at radius 1 is 1.16 bits per heavy atom. The van der Waals surface area contributed by atoms with Crippen molar-refractivity contribution in [2.75, 3.05) is 12.3 Å². The molecule has 0 saturated carbocycles. The van der Waals surface area contributed by atoms with E-state index in [0.29, 0.717) is 12.0 Å². The van der Waals surface area contributed by atoms with Crippen LogP contribution in [0.5, 0.6) is 11.5 Å². The number of carboxylic acids is 2. The Hall–Kier alpha value is -2.46. The number of hydrogen-bond acceptors (Lipinski definition) is 7. The van der Waals surface area contributed by atoms with Crippen molar-refractivity contribution in [1.82, 2.24) is 5.32 Å². The van der Waals surface area contributed by atoms with Gasteiger partial charge in [0.25, 0.3) is 0 Å². The normalized spacial score (nSPS) is 11.7. The fraction of sp³-hybridized carbons (Fsp3) is 0.400. The van der Waals surface area contributed by atoms with Crippen LogP contribution in [0.3, 0.4) is 0 Å². The summed E-state index contributed by atoms with van der Waals surface area (Å²) in [6.07, 6.45) is -0.0357. The number of hydrogen-bond donors (Lipinski definition) is 6. The monoisotopic (exact) mass is 372 g/mol. The lowest BCUT2D eigenvalue weighted by atomic mass is 10.1. The number of phenolic OH excluding ortho intramolecular Hbond substituents is 2. The molecule has 1 unspecified atom stereocenters. The number of phenols is 2. The van der Waals surface area contributed by atoms with Crippen LogP contribution in [0.4, 0.5) is 0 Å². The van der Waals surface area contributed by atoms with Gasteiger partial charge in [-0.2, -0.15) is 0 Å². The largest absolute Gasteiger partial charge is 0.504 e. The first-order valence-electron chi connectivity index (χ1n) is 7.35. The minimum absolute atomic E-state index is 0.0116. The van der Waals surface area contributed by atoms with Crippen LogP contribution in [0, 0.1) is 0 Å². The first-order valence-corrected chi connectivity index (χ1v) is 8.33. The summed E-state index contributed by atoms with van der Waals surface area (Å²) in [5.41, 5.74) is 6.01. The molecule has 1 aromatic rings. The molecule has 0 fully saturated rings. The van der Waals surface area contributed by atoms with Crippen LogP contribution >= 0.6 is 11.8 Å². The lowest BCUT2D eigenvalue weighted by Gasteiger charge is -2.11. The van der Waals surface area contributed by atoms with Crippen LogP contribution in [0.25, 0.3) is 0 Å². The highest BCUT2D eigenvalue weighted by molar-refractivity contribution is 7.99. The summed E-state index contributed by atoms with van der Waals surface area (Å²) in [5.74, 6) is -3.33. The van der Waals surface area contributed by atoms with E-state index >= 15 is 0 Å². The molecule has 7 N–H and O–H groups in total. The molecule has 25 heavy (non-hydrogen) atoms. The summed E-state index contributed by atoms with van der Waals surface area (Å²) in [6.45, 7) is 0.224. The van der Waals surface area contributed by atoms with Gasteiger partial charge in [0.05, 0.1) is 11.3 Å². The topological polar surface area (TPSA) is 170 Å². The number of carboxylic acid groups (broad SMARTS) is 2. The molecule has 0 aromatic heterocycles. The SMILES string of the molecule is NC(CSc1cc(CCNC(=O)CCC(=O)O)cc(O)c1O)C(=O)O. The second-order valence-electron chi connectivity index (χ2n) is 5.21. The molecule has 0 heterocycles. The van der Waals surface area contributed by atoms with Crippen molar-refractivity contribution in [1.29, 1.82) is 0 Å². The lowest BCUT2D eigenvalue weighted by molar-refractivity contribution is -0.139. The molecule has 1 amide bonds. The number of rotatable bonds is 10. The number of carbonyl (C=O) groups is 3. The number of carbonyl (C=O) groups excluding carboxylic acids is 1. The third-order valence-electron chi connectivity index (χ3n) is 3.15. The summed E-state index contributed by atoms with van der Waals surface area (Å²) in [7, 11) is 0. The molecule has 0 aliphatic carbocycles. The highest BCUT2D eigenvalue weighted by atomic mass is 32.2. The molecule has 1 rings (SSSR count). The number of benzene rings is 1. The van der Waals surface area contributed by atoms with Gasteiger partial charge in [0.15, 0.2) is 11.5 Å². The van der Waals surface area contributed by atoms with E-state index in [1.54, 1.807) is 6.07 Å². The van der Waals surface area contributed by atoms with Crippen LogP contribution in [0.15, 0.2) is 17.0 Å². The first kappa shape index (κ1) is 20.6. The van der Waals surface area contributed by atoms with Gasteiger partial charge in [0.2, 0.25) is 5.91 Å². The van der Waals surface area contributed by atoms with Crippen molar-refractivity contribution in [2.45, 2.75) is 30.2 Å². The predicted octanol–water partition coefficient (Wildman–Crippen LogP) is 0.125. The quantitative estimate of drug-likeness (QED) is 0.247. The van der Waals surface area contributed by atoms with E-state index in [2.05, 4.69) is 5.32 Å². The Kier molecular flexibility index (Phi) is 8.02. The van der Waals surface area contributed by atoms with Crippen LogP contribution in [0.2, 0.25) is 0 Å². The van der Waals surface area contributed by atoms with Crippen molar-refractivity contribution >= 4 is 29.6 Å². The summed E-state index contributed by atoms with van der Waals surface area (Å²) < 4.78 is 0. The fourth-order valence-corrected chi connectivity index (χ4v) is 2.79. The van der Waals surface area contributed by atoms with E-state index in [9.17, 15) is 24.6 Å². The maximum Gasteiger partial charge on any atom is 0.321 e. The zero-order valence-electron chi connectivity index (χ0n) is 13.3. The van der Waals surface area contributed by atoms with Gasteiger partial charge in [-0.25, -0.2) is 0 Å². The number of amides is 1. The third kappa shape index (κ3) is 7.31. The first-order chi connectivity index (χ1) is 11.7. The minimum atomic E-state index is -1.17. The minimum Gasteiger partial charge on any atom is -0.504 e. The van der Waals surface area contributed by atoms with Crippen molar-refractivity contribution in [2.24, 2.45) is 5.73 Å². The van der Waals surface area contributed by atoms with Gasteiger partial charge in [-0.05, 0) is 24.1 Å². The molecule has 0 radical (unpaired) electrons. The summed E-state index contributed by atoms with van der Waals surface area (Å²) in [5, 5.41) is 39.4. The Bertz CT molecular complexity index is 651. The molecular weight excluding hydrogens is 352 g/mol. The Labute approximate surface area is 147 Å². The van der Waals surface area contributed by atoms with Gasteiger partial charge in [-0.15, -0.1) is 11.8 Å². The molecule has 1 aromatic carbocycles. The molecule has 9 nitrogen and oxygen atoms in total. The van der Waals surface area contributed by atoms with Crippen molar-refractivity contribution < 1.29 is 34.8 Å². The van der Waals surface area contributed by atoms with Crippen LogP contribution in [0.1, 0.15) is 18.4 Å². The molecule has 10 heteroatoms. The highest BCUT2D eigenvalue weighted by Crippen LogP contribution is 2.37. The van der Waals surface area contributed by atoms with Gasteiger partial charge in [0.1, 0.15) is 6.04 Å². The Morgan fingerprint density at radius 2 is 1.84 bits per heavy atom. The van der Waals surface area contributed by atoms with E-state index in [0.717, 1.165) is 11.8 Å². The predicted molar refractivity (Wildman–Crippen MR) is 89.7 cm³/mol. The van der Waals surface area contributed by atoms with Gasteiger partial charge in [0, 0.05) is 18.7 Å². The lowest BCUT2D eigenvalue weighted by Crippen LogP contribution is -2.32. The highest BCUT2D eigenvalue weighted by Gasteiger charge is 2.15. The maximum atomic E-state index is 11.4. The maximum absolute atomic E-state index is 11.4. The Morgan fingerprint density at radius 3 is 2.44 bits per heavy atom. The van der Waals surface area contributed by atoms with E-state index in [1.807, 2.05) is 0 Å². The van der Waals surface area contributed by atoms with Gasteiger partial charge in [-0.3, -0.25) is 14.4 Å². The van der Waals surface area contributed by atoms with Crippen molar-refractivity contribution in [3.8, 4) is 11.5 Å². The average molecular weight is 372 g/mol. The molecule has 0 aliphatic rings. The third-order valence-corrected chi connectivity index (χ3v) is 4.30. The fourth-order valence-electron chi connectivity index (χ4n) is 1.81. The van der Waals surface area contributed by atoms with Gasteiger partial charge in [-0.1, -0.05) is 0 Å². The number of nitrogens with two attached hydrogens (primary N) is 1.